The smallest absolute Gasteiger partial charge is 0.335 e. The van der Waals surface area contributed by atoms with Crippen molar-refractivity contribution in [3.05, 3.63) is 76.3 Å². The van der Waals surface area contributed by atoms with Crippen molar-refractivity contribution in [1.29, 1.82) is 5.26 Å². The molecule has 0 amide bonds. The molecule has 0 radical (unpaired) electrons. The van der Waals surface area contributed by atoms with Gasteiger partial charge in [-0.05, 0) is 24.3 Å². The lowest BCUT2D eigenvalue weighted by atomic mass is 10.2. The number of aromatic nitrogens is 4. The van der Waals surface area contributed by atoms with Gasteiger partial charge in [-0.3, -0.25) is 4.57 Å². The van der Waals surface area contributed by atoms with Gasteiger partial charge < -0.3 is 10.1 Å². The number of halogens is 2. The van der Waals surface area contributed by atoms with Crippen molar-refractivity contribution in [2.45, 2.75) is 13.0 Å². The first-order valence-electron chi connectivity index (χ1n) is 9.70. The second-order valence-electron chi connectivity index (χ2n) is 6.84. The highest BCUT2D eigenvalue weighted by Gasteiger charge is 2.20. The van der Waals surface area contributed by atoms with Crippen LogP contribution < -0.4 is 15.7 Å². The third kappa shape index (κ3) is 3.88. The molecule has 2 heterocycles. The number of hydrogen-bond donors (Lipinski definition) is 1. The molecule has 0 unspecified atom stereocenters. The molecule has 4 rings (SSSR count). The second-order valence-corrected chi connectivity index (χ2v) is 6.84. The fourth-order valence-corrected chi connectivity index (χ4v) is 3.33. The highest BCUT2D eigenvalue weighted by Crippen LogP contribution is 2.22. The monoisotopic (exact) mass is 436 g/mol. The minimum Gasteiger partial charge on any atom is -0.497 e. The first-order chi connectivity index (χ1) is 15.5. The van der Waals surface area contributed by atoms with Gasteiger partial charge in [0.05, 0.1) is 38.0 Å². The number of hydrogen-bond acceptors (Lipinski definition) is 6. The van der Waals surface area contributed by atoms with Gasteiger partial charge in [0.25, 0.3) is 0 Å². The quantitative estimate of drug-likeness (QED) is 0.447. The summed E-state index contributed by atoms with van der Waals surface area (Å²) in [5.41, 5.74) is 0.226. The Morgan fingerprint density at radius 2 is 1.94 bits per heavy atom. The number of fused-ring (bicyclic) bond motifs is 1. The summed E-state index contributed by atoms with van der Waals surface area (Å²) < 4.78 is 36.4. The van der Waals surface area contributed by atoms with Gasteiger partial charge in [0, 0.05) is 18.2 Å². The molecule has 2 aromatic heterocycles. The van der Waals surface area contributed by atoms with E-state index in [-0.39, 0.29) is 30.1 Å². The van der Waals surface area contributed by atoms with E-state index in [9.17, 15) is 13.6 Å². The minimum atomic E-state index is -0.755. The van der Waals surface area contributed by atoms with Crippen LogP contribution in [0.3, 0.4) is 0 Å². The molecule has 162 valence electrons. The third-order valence-electron chi connectivity index (χ3n) is 4.88. The molecule has 0 aliphatic heterocycles. The van der Waals surface area contributed by atoms with Gasteiger partial charge >= 0.3 is 5.69 Å². The van der Waals surface area contributed by atoms with Gasteiger partial charge in [-0.1, -0.05) is 12.1 Å². The van der Waals surface area contributed by atoms with Gasteiger partial charge in [0.15, 0.2) is 5.65 Å². The molecule has 0 fully saturated rings. The van der Waals surface area contributed by atoms with E-state index in [0.29, 0.717) is 23.5 Å². The summed E-state index contributed by atoms with van der Waals surface area (Å²) in [4.78, 5) is 22.0. The minimum absolute atomic E-state index is 0.221. The Hall–Kier alpha value is -4.26. The first-order valence-corrected chi connectivity index (χ1v) is 9.70. The van der Waals surface area contributed by atoms with E-state index in [1.54, 1.807) is 24.3 Å². The first kappa shape index (κ1) is 21.0. The largest absolute Gasteiger partial charge is 0.497 e. The van der Waals surface area contributed by atoms with Crippen LogP contribution in [0.2, 0.25) is 0 Å². The molecule has 0 bridgehead atoms. The van der Waals surface area contributed by atoms with Crippen molar-refractivity contribution in [2.24, 2.45) is 0 Å². The number of nitrogens with one attached hydrogen (secondary N) is 1. The second kappa shape index (κ2) is 8.85. The molecule has 0 aliphatic carbocycles. The fraction of sp³-hybridized carbons (Fsp3) is 0.182. The Labute approximate surface area is 181 Å². The Kier molecular flexibility index (Phi) is 5.81. The van der Waals surface area contributed by atoms with E-state index in [1.165, 1.54) is 28.5 Å². The maximum Gasteiger partial charge on any atom is 0.335 e. The summed E-state index contributed by atoms with van der Waals surface area (Å²) in [5, 5.41) is 11.7. The van der Waals surface area contributed by atoms with Gasteiger partial charge in [0.2, 0.25) is 5.95 Å². The zero-order valence-electron chi connectivity index (χ0n) is 17.0. The fourth-order valence-electron chi connectivity index (χ4n) is 3.33. The van der Waals surface area contributed by atoms with Gasteiger partial charge in [-0.25, -0.2) is 23.1 Å². The molecule has 32 heavy (non-hydrogen) atoms. The van der Waals surface area contributed by atoms with Crippen molar-refractivity contribution >= 4 is 17.1 Å². The SMILES string of the molecule is COc1cccc(-n2c(=O)n(Cc3c(F)cccc3F)c3cnc(NCCC#N)nc32)c1. The van der Waals surface area contributed by atoms with Gasteiger partial charge in [-0.2, -0.15) is 10.2 Å². The zero-order valence-corrected chi connectivity index (χ0v) is 17.0. The molecule has 4 aromatic rings. The van der Waals surface area contributed by atoms with E-state index >= 15 is 0 Å². The summed E-state index contributed by atoms with van der Waals surface area (Å²) in [5.74, 6) is -0.764. The molecule has 0 aliphatic rings. The Morgan fingerprint density at radius 3 is 2.66 bits per heavy atom. The lowest BCUT2D eigenvalue weighted by Gasteiger charge is -2.06. The number of anilines is 1. The molecule has 2 aromatic carbocycles. The van der Waals surface area contributed by atoms with Crippen LogP contribution in [0.5, 0.6) is 5.75 Å². The number of methoxy groups -OCH3 is 1. The molecule has 0 spiro atoms. The van der Waals surface area contributed by atoms with Crippen LogP contribution >= 0.6 is 0 Å². The van der Waals surface area contributed by atoms with Crippen molar-refractivity contribution in [1.82, 2.24) is 19.1 Å². The van der Waals surface area contributed by atoms with Crippen LogP contribution in [0.1, 0.15) is 12.0 Å². The summed E-state index contributed by atoms with van der Waals surface area (Å²) in [6.07, 6.45) is 1.66. The standard InChI is InChI=1S/C22H18F2N6O2/c1-32-15-6-2-5-14(11-15)30-20-19(12-27-21(28-20)26-10-4-9-25)29(22(30)31)13-16-17(23)7-3-8-18(16)24/h2-3,5-8,11-12H,4,10,13H2,1H3,(H,26,27,28). The molecular formula is C22H18F2N6O2. The maximum absolute atomic E-state index is 14.3. The maximum atomic E-state index is 14.3. The predicted molar refractivity (Wildman–Crippen MR) is 114 cm³/mol. The molecule has 10 heteroatoms. The third-order valence-corrected chi connectivity index (χ3v) is 4.88. The van der Waals surface area contributed by atoms with Crippen LogP contribution in [0, 0.1) is 23.0 Å². The van der Waals surface area contributed by atoms with Crippen molar-refractivity contribution in [3.8, 4) is 17.5 Å². The highest BCUT2D eigenvalue weighted by molar-refractivity contribution is 5.74. The van der Waals surface area contributed by atoms with E-state index in [1.807, 2.05) is 6.07 Å². The summed E-state index contributed by atoms with van der Waals surface area (Å²) >= 11 is 0. The average molecular weight is 436 g/mol. The number of nitrogens with zero attached hydrogens (tertiary/aromatic N) is 5. The van der Waals surface area contributed by atoms with Crippen molar-refractivity contribution in [3.63, 3.8) is 0 Å². The molecule has 0 atom stereocenters. The molecule has 1 N–H and O–H groups in total. The zero-order chi connectivity index (χ0) is 22.7. The van der Waals surface area contributed by atoms with E-state index in [4.69, 9.17) is 10.00 Å². The highest BCUT2D eigenvalue weighted by atomic mass is 19.1. The Balaban J connectivity index is 1.91. The molecule has 0 saturated heterocycles. The Bertz CT molecular complexity index is 1370. The van der Waals surface area contributed by atoms with Crippen molar-refractivity contribution in [2.75, 3.05) is 19.0 Å². The summed E-state index contributed by atoms with van der Waals surface area (Å²) in [6.45, 7) is -0.0120. The lowest BCUT2D eigenvalue weighted by molar-refractivity contribution is 0.414. The number of nitriles is 1. The Morgan fingerprint density at radius 1 is 1.19 bits per heavy atom. The number of benzene rings is 2. The molecule has 0 saturated carbocycles. The van der Waals surface area contributed by atoms with Gasteiger partial charge in [-0.15, -0.1) is 0 Å². The van der Waals surface area contributed by atoms with Crippen LogP contribution in [0.25, 0.3) is 16.9 Å². The van der Waals surface area contributed by atoms with Gasteiger partial charge in [0.1, 0.15) is 22.9 Å². The van der Waals surface area contributed by atoms with Crippen molar-refractivity contribution < 1.29 is 13.5 Å². The number of imidazole rings is 1. The van der Waals surface area contributed by atoms with E-state index in [2.05, 4.69) is 15.3 Å². The topological polar surface area (TPSA) is 97.8 Å². The van der Waals surface area contributed by atoms with E-state index in [0.717, 1.165) is 12.1 Å². The van der Waals surface area contributed by atoms with Crippen LogP contribution in [-0.4, -0.2) is 32.8 Å². The van der Waals surface area contributed by atoms with Crippen LogP contribution in [-0.2, 0) is 6.54 Å². The summed E-state index contributed by atoms with van der Waals surface area (Å²) in [7, 11) is 1.51. The number of ether oxygens (including phenoxy) is 1. The van der Waals surface area contributed by atoms with Crippen LogP contribution in [0.15, 0.2) is 53.5 Å². The van der Waals surface area contributed by atoms with Crippen LogP contribution in [0.4, 0.5) is 14.7 Å². The number of rotatable bonds is 7. The lowest BCUT2D eigenvalue weighted by Crippen LogP contribution is -2.24. The predicted octanol–water partition coefficient (Wildman–Crippen LogP) is 3.24. The normalized spacial score (nSPS) is 10.8. The van der Waals surface area contributed by atoms with E-state index < -0.39 is 17.3 Å². The molecule has 8 nitrogen and oxygen atoms in total. The summed E-state index contributed by atoms with van der Waals surface area (Å²) in [6, 6.07) is 12.3. The average Bonchev–Trinajstić information content (AvgIpc) is 3.07. The molecular weight excluding hydrogens is 418 g/mol.